The van der Waals surface area contributed by atoms with Gasteiger partial charge < -0.3 is 14.4 Å². The zero-order valence-electron chi connectivity index (χ0n) is 15.4. The summed E-state index contributed by atoms with van der Waals surface area (Å²) in [6.45, 7) is 6.61. The summed E-state index contributed by atoms with van der Waals surface area (Å²) in [6.07, 6.45) is 1.11. The third-order valence-corrected chi connectivity index (χ3v) is 5.09. The van der Waals surface area contributed by atoms with Gasteiger partial charge in [-0.05, 0) is 45.7 Å². The van der Waals surface area contributed by atoms with Crippen molar-refractivity contribution in [3.63, 3.8) is 0 Å². The van der Waals surface area contributed by atoms with Gasteiger partial charge >= 0.3 is 12.1 Å². The monoisotopic (exact) mass is 376 g/mol. The summed E-state index contributed by atoms with van der Waals surface area (Å²) in [7, 11) is 0. The van der Waals surface area contributed by atoms with E-state index < -0.39 is 5.60 Å². The summed E-state index contributed by atoms with van der Waals surface area (Å²) < 4.78 is 11.9. The van der Waals surface area contributed by atoms with Crippen LogP contribution in [0.25, 0.3) is 10.2 Å². The van der Waals surface area contributed by atoms with Gasteiger partial charge in [-0.1, -0.05) is 12.1 Å². The maximum Gasteiger partial charge on any atom is 0.410 e. The van der Waals surface area contributed by atoms with Crippen LogP contribution in [-0.2, 0) is 20.9 Å². The highest BCUT2D eigenvalue weighted by atomic mass is 32.1. The molecule has 1 aromatic carbocycles. The minimum atomic E-state index is -0.544. The number of aromatic nitrogens is 1. The molecular formula is C19H24N2O4S. The molecule has 140 valence electrons. The van der Waals surface area contributed by atoms with Gasteiger partial charge in [0.15, 0.2) is 0 Å². The van der Waals surface area contributed by atoms with Crippen molar-refractivity contribution in [3.05, 3.63) is 29.3 Å². The molecule has 1 atom stereocenters. The molecule has 1 aliphatic rings. The Balaban J connectivity index is 1.54. The van der Waals surface area contributed by atoms with E-state index in [9.17, 15) is 9.59 Å². The fourth-order valence-corrected chi connectivity index (χ4v) is 3.77. The molecule has 1 aliphatic heterocycles. The van der Waals surface area contributed by atoms with Crippen LogP contribution in [0.15, 0.2) is 24.3 Å². The quantitative estimate of drug-likeness (QED) is 0.758. The second-order valence-electron chi connectivity index (χ2n) is 7.45. The Kier molecular flexibility index (Phi) is 5.46. The lowest BCUT2D eigenvalue weighted by molar-refractivity contribution is -0.151. The van der Waals surface area contributed by atoms with E-state index in [1.807, 2.05) is 45.0 Å². The van der Waals surface area contributed by atoms with Gasteiger partial charge in [0.1, 0.15) is 17.2 Å². The van der Waals surface area contributed by atoms with Gasteiger partial charge in [-0.2, -0.15) is 0 Å². The number of para-hydroxylation sites is 1. The third kappa shape index (κ3) is 4.72. The van der Waals surface area contributed by atoms with E-state index in [2.05, 4.69) is 4.98 Å². The maximum absolute atomic E-state index is 12.4. The molecule has 1 saturated heterocycles. The highest BCUT2D eigenvalue weighted by Gasteiger charge is 2.32. The summed E-state index contributed by atoms with van der Waals surface area (Å²) in [4.78, 5) is 30.7. The topological polar surface area (TPSA) is 68.7 Å². The van der Waals surface area contributed by atoms with Crippen molar-refractivity contribution in [2.75, 3.05) is 13.1 Å². The van der Waals surface area contributed by atoms with Gasteiger partial charge in [-0.15, -0.1) is 11.3 Å². The summed E-state index contributed by atoms with van der Waals surface area (Å²) in [5.74, 6) is -0.594. The number of hydrogen-bond acceptors (Lipinski definition) is 6. The number of piperidine rings is 1. The molecule has 2 aromatic rings. The molecule has 1 aromatic heterocycles. The fourth-order valence-electron chi connectivity index (χ4n) is 2.89. The number of rotatable bonds is 3. The Bertz CT molecular complexity index is 763. The number of nitrogens with zero attached hydrogens (tertiary/aromatic N) is 2. The summed E-state index contributed by atoms with van der Waals surface area (Å²) in [5.41, 5.74) is 0.370. The molecule has 1 unspecified atom stereocenters. The lowest BCUT2D eigenvalue weighted by Crippen LogP contribution is -2.45. The number of benzene rings is 1. The van der Waals surface area contributed by atoms with Crippen molar-refractivity contribution in [2.45, 2.75) is 45.8 Å². The van der Waals surface area contributed by atoms with E-state index in [-0.39, 0.29) is 24.6 Å². The first kappa shape index (κ1) is 18.6. The standard InChI is InChI=1S/C19H24N2O4S/c1-19(2,3)25-18(23)21-10-6-7-13(11-21)17(22)24-12-16-20-14-8-4-5-9-15(14)26-16/h4-5,8-9,13H,6-7,10-12H2,1-3H3. The summed E-state index contributed by atoms with van der Waals surface area (Å²) >= 11 is 1.52. The highest BCUT2D eigenvalue weighted by Crippen LogP contribution is 2.24. The second-order valence-corrected chi connectivity index (χ2v) is 8.56. The predicted octanol–water partition coefficient (Wildman–Crippen LogP) is 3.99. The van der Waals surface area contributed by atoms with Gasteiger partial charge in [-0.25, -0.2) is 9.78 Å². The van der Waals surface area contributed by atoms with Gasteiger partial charge in [0.2, 0.25) is 0 Å². The number of amides is 1. The number of hydrogen-bond donors (Lipinski definition) is 0. The number of carbonyl (C=O) groups excluding carboxylic acids is 2. The molecule has 0 bridgehead atoms. The Morgan fingerprint density at radius 1 is 1.31 bits per heavy atom. The van der Waals surface area contributed by atoms with Crippen molar-refractivity contribution in [2.24, 2.45) is 5.92 Å². The predicted molar refractivity (Wildman–Crippen MR) is 99.9 cm³/mol. The average Bonchev–Trinajstić information content (AvgIpc) is 3.01. The van der Waals surface area contributed by atoms with E-state index in [4.69, 9.17) is 9.47 Å². The van der Waals surface area contributed by atoms with Crippen LogP contribution >= 0.6 is 11.3 Å². The lowest BCUT2D eigenvalue weighted by atomic mass is 9.98. The van der Waals surface area contributed by atoms with Crippen molar-refractivity contribution in [1.29, 1.82) is 0 Å². The van der Waals surface area contributed by atoms with Gasteiger partial charge in [0.25, 0.3) is 0 Å². The summed E-state index contributed by atoms with van der Waals surface area (Å²) in [5, 5.41) is 0.777. The van der Waals surface area contributed by atoms with Crippen LogP contribution in [0, 0.1) is 5.92 Å². The third-order valence-electron chi connectivity index (χ3n) is 4.08. The average molecular weight is 376 g/mol. The minimum Gasteiger partial charge on any atom is -0.458 e. The van der Waals surface area contributed by atoms with Crippen LogP contribution in [0.1, 0.15) is 38.6 Å². The Morgan fingerprint density at radius 2 is 2.08 bits per heavy atom. The fraction of sp³-hybridized carbons (Fsp3) is 0.526. The van der Waals surface area contributed by atoms with Crippen LogP contribution in [0.3, 0.4) is 0 Å². The molecular weight excluding hydrogens is 352 g/mol. The van der Waals surface area contributed by atoms with E-state index >= 15 is 0 Å². The van der Waals surface area contributed by atoms with E-state index in [0.717, 1.165) is 28.1 Å². The normalized spacial score (nSPS) is 18.0. The first-order valence-electron chi connectivity index (χ1n) is 8.81. The molecule has 0 radical (unpaired) electrons. The number of fused-ring (bicyclic) bond motifs is 1. The van der Waals surface area contributed by atoms with E-state index in [1.54, 1.807) is 4.90 Å². The van der Waals surface area contributed by atoms with Gasteiger partial charge in [-0.3, -0.25) is 4.79 Å². The first-order valence-corrected chi connectivity index (χ1v) is 9.62. The Labute approximate surface area is 157 Å². The van der Waals surface area contributed by atoms with Crippen LogP contribution in [0.2, 0.25) is 0 Å². The Hall–Kier alpha value is -2.15. The van der Waals surface area contributed by atoms with Crippen molar-refractivity contribution >= 4 is 33.6 Å². The number of carbonyl (C=O) groups is 2. The smallest absolute Gasteiger partial charge is 0.410 e. The van der Waals surface area contributed by atoms with Crippen LogP contribution in [0.5, 0.6) is 0 Å². The molecule has 26 heavy (non-hydrogen) atoms. The zero-order valence-corrected chi connectivity index (χ0v) is 16.2. The number of likely N-dealkylation sites (tertiary alicyclic amines) is 1. The van der Waals surface area contributed by atoms with Crippen LogP contribution < -0.4 is 0 Å². The number of esters is 1. The number of thiazole rings is 1. The van der Waals surface area contributed by atoms with E-state index in [1.165, 1.54) is 11.3 Å². The molecule has 0 saturated carbocycles. The number of ether oxygens (including phenoxy) is 2. The molecule has 1 fully saturated rings. The second kappa shape index (κ2) is 7.61. The Morgan fingerprint density at radius 3 is 2.81 bits per heavy atom. The summed E-state index contributed by atoms with van der Waals surface area (Å²) in [6, 6.07) is 7.84. The highest BCUT2D eigenvalue weighted by molar-refractivity contribution is 7.18. The molecule has 2 heterocycles. The van der Waals surface area contributed by atoms with Crippen molar-refractivity contribution < 1.29 is 19.1 Å². The molecule has 1 amide bonds. The van der Waals surface area contributed by atoms with Crippen molar-refractivity contribution in [3.8, 4) is 0 Å². The lowest BCUT2D eigenvalue weighted by Gasteiger charge is -2.33. The van der Waals surface area contributed by atoms with Gasteiger partial charge in [0, 0.05) is 13.1 Å². The van der Waals surface area contributed by atoms with Gasteiger partial charge in [0.05, 0.1) is 16.1 Å². The van der Waals surface area contributed by atoms with Crippen LogP contribution in [-0.4, -0.2) is 40.6 Å². The molecule has 0 N–H and O–H groups in total. The largest absolute Gasteiger partial charge is 0.458 e. The van der Waals surface area contributed by atoms with Crippen molar-refractivity contribution in [1.82, 2.24) is 9.88 Å². The molecule has 7 heteroatoms. The molecule has 6 nitrogen and oxygen atoms in total. The van der Waals surface area contributed by atoms with Crippen LogP contribution in [0.4, 0.5) is 4.79 Å². The molecule has 3 rings (SSSR count). The zero-order chi connectivity index (χ0) is 18.7. The first-order chi connectivity index (χ1) is 12.3. The molecule has 0 spiro atoms. The van der Waals surface area contributed by atoms with E-state index in [0.29, 0.717) is 13.1 Å². The molecule has 0 aliphatic carbocycles. The SMILES string of the molecule is CC(C)(C)OC(=O)N1CCCC(C(=O)OCc2nc3ccccc3s2)C1. The minimum absolute atomic E-state index is 0.168. The maximum atomic E-state index is 12.4.